The Hall–Kier alpha value is -2.05. The Labute approximate surface area is 244 Å². The first-order valence-electron chi connectivity index (χ1n) is 16.1. The summed E-state index contributed by atoms with van der Waals surface area (Å²) in [6.07, 6.45) is 23.6. The molecule has 0 fully saturated rings. The summed E-state index contributed by atoms with van der Waals surface area (Å²) in [5.74, 6) is 0. The third kappa shape index (κ3) is 10.1. The molecule has 1 aliphatic rings. The van der Waals surface area contributed by atoms with E-state index >= 15 is 0 Å². The maximum Gasteiger partial charge on any atom is 0.308 e. The van der Waals surface area contributed by atoms with Crippen molar-refractivity contribution in [3.8, 4) is 0 Å². The quantitative estimate of drug-likeness (QED) is 0.109. The number of unbranched alkanes of at least 4 members (excludes halogenated alkanes) is 17. The van der Waals surface area contributed by atoms with Gasteiger partial charge in [0, 0.05) is 13.0 Å². The maximum absolute atomic E-state index is 12.9. The molecule has 40 heavy (non-hydrogen) atoms. The molecule has 0 saturated heterocycles. The van der Waals surface area contributed by atoms with Gasteiger partial charge in [0.15, 0.2) is 0 Å². The standard InChI is InChI=1S/C34H54N2O3S/c1-2-3-4-5-6-7-8-9-10-11-12-13-14-15-16-17-18-24-29-34(40(37,38)39)35-32-27-22-23-28-33(32)36(34)30-31-25-20-19-21-26-31/h19-23,25-28,35H,2-18,24,29-30H2,1H3,(H,37,38,39). The van der Waals surface area contributed by atoms with Gasteiger partial charge >= 0.3 is 10.1 Å². The Morgan fingerprint density at radius 3 is 1.60 bits per heavy atom. The molecular formula is C34H54N2O3S. The van der Waals surface area contributed by atoms with Crippen LogP contribution in [0.15, 0.2) is 54.6 Å². The molecule has 0 aromatic heterocycles. The largest absolute Gasteiger partial charge is 0.346 e. The van der Waals surface area contributed by atoms with E-state index in [4.69, 9.17) is 0 Å². The van der Waals surface area contributed by atoms with Crippen LogP contribution in [0.1, 0.15) is 134 Å². The summed E-state index contributed by atoms with van der Waals surface area (Å²) in [4.78, 5) is 0.294. The molecule has 0 spiro atoms. The molecule has 2 N–H and O–H groups in total. The summed E-state index contributed by atoms with van der Waals surface area (Å²) in [6, 6.07) is 17.5. The molecule has 2 aromatic rings. The monoisotopic (exact) mass is 570 g/mol. The molecule has 0 radical (unpaired) electrons. The molecule has 5 nitrogen and oxygen atoms in total. The summed E-state index contributed by atoms with van der Waals surface area (Å²) < 4.78 is 36.3. The first-order chi connectivity index (χ1) is 19.5. The predicted molar refractivity (Wildman–Crippen MR) is 170 cm³/mol. The van der Waals surface area contributed by atoms with Crippen molar-refractivity contribution in [1.82, 2.24) is 0 Å². The van der Waals surface area contributed by atoms with Crippen LogP contribution in [0.3, 0.4) is 0 Å². The molecule has 0 aliphatic carbocycles. The van der Waals surface area contributed by atoms with E-state index < -0.39 is 15.1 Å². The number of para-hydroxylation sites is 2. The number of fused-ring (bicyclic) bond motifs is 1. The van der Waals surface area contributed by atoms with E-state index in [0.29, 0.717) is 13.0 Å². The van der Waals surface area contributed by atoms with Gasteiger partial charge in [0.1, 0.15) is 0 Å². The highest BCUT2D eigenvalue weighted by Crippen LogP contribution is 2.45. The Morgan fingerprint density at radius 2 is 1.10 bits per heavy atom. The Kier molecular flexibility index (Phi) is 14.4. The van der Waals surface area contributed by atoms with Gasteiger partial charge in [-0.25, -0.2) is 0 Å². The molecule has 6 heteroatoms. The molecule has 1 atom stereocenters. The van der Waals surface area contributed by atoms with Crippen molar-refractivity contribution in [2.45, 2.75) is 140 Å². The molecule has 1 aliphatic heterocycles. The van der Waals surface area contributed by atoms with E-state index in [1.165, 1.54) is 96.3 Å². The second kappa shape index (κ2) is 17.7. The van der Waals surface area contributed by atoms with Crippen LogP contribution in [-0.4, -0.2) is 18.0 Å². The van der Waals surface area contributed by atoms with Gasteiger partial charge in [0.05, 0.1) is 11.4 Å². The first-order valence-corrected chi connectivity index (χ1v) is 17.6. The number of benzene rings is 2. The first kappa shape index (κ1) is 32.5. The number of anilines is 2. The van der Waals surface area contributed by atoms with Crippen molar-refractivity contribution in [3.63, 3.8) is 0 Å². The molecule has 0 saturated carbocycles. The zero-order chi connectivity index (χ0) is 28.5. The minimum atomic E-state index is -4.41. The molecule has 1 heterocycles. The Balaban J connectivity index is 1.32. The predicted octanol–water partition coefficient (Wildman–Crippen LogP) is 10.1. The van der Waals surface area contributed by atoms with Crippen LogP contribution in [0.5, 0.6) is 0 Å². The Morgan fingerprint density at radius 1 is 0.650 bits per heavy atom. The smallest absolute Gasteiger partial charge is 0.308 e. The van der Waals surface area contributed by atoms with Crippen LogP contribution in [0.4, 0.5) is 11.4 Å². The van der Waals surface area contributed by atoms with E-state index in [2.05, 4.69) is 12.2 Å². The van der Waals surface area contributed by atoms with Crippen molar-refractivity contribution in [2.24, 2.45) is 0 Å². The third-order valence-corrected chi connectivity index (χ3v) is 9.82. The molecule has 224 valence electrons. The Bertz CT molecular complexity index is 1060. The van der Waals surface area contributed by atoms with Crippen LogP contribution in [0, 0.1) is 0 Å². The van der Waals surface area contributed by atoms with E-state index in [9.17, 15) is 13.0 Å². The lowest BCUT2D eigenvalue weighted by Crippen LogP contribution is -2.56. The highest BCUT2D eigenvalue weighted by atomic mass is 32.2. The van der Waals surface area contributed by atoms with Gasteiger partial charge in [-0.3, -0.25) is 4.55 Å². The van der Waals surface area contributed by atoms with Crippen molar-refractivity contribution >= 4 is 21.5 Å². The lowest BCUT2D eigenvalue weighted by molar-refractivity contribution is 0.408. The number of hydrogen-bond acceptors (Lipinski definition) is 4. The highest BCUT2D eigenvalue weighted by Gasteiger charge is 2.52. The summed E-state index contributed by atoms with van der Waals surface area (Å²) >= 11 is 0. The number of rotatable bonds is 22. The van der Waals surface area contributed by atoms with Crippen LogP contribution < -0.4 is 10.2 Å². The lowest BCUT2D eigenvalue weighted by atomic mass is 10.0. The fourth-order valence-corrected chi connectivity index (χ4v) is 7.15. The van der Waals surface area contributed by atoms with Crippen molar-refractivity contribution in [3.05, 3.63) is 60.2 Å². The summed E-state index contributed by atoms with van der Waals surface area (Å²) in [5, 5.41) is 3.20. The van der Waals surface area contributed by atoms with Crippen LogP contribution in [0.2, 0.25) is 0 Å². The van der Waals surface area contributed by atoms with Gasteiger partial charge in [-0.2, -0.15) is 8.42 Å². The molecule has 3 rings (SSSR count). The zero-order valence-electron chi connectivity index (χ0n) is 25.0. The molecule has 1 unspecified atom stereocenters. The summed E-state index contributed by atoms with van der Waals surface area (Å²) in [6.45, 7) is 2.68. The average Bonchev–Trinajstić information content (AvgIpc) is 3.27. The van der Waals surface area contributed by atoms with Gasteiger partial charge in [-0.15, -0.1) is 0 Å². The van der Waals surface area contributed by atoms with Crippen LogP contribution in [-0.2, 0) is 16.7 Å². The topological polar surface area (TPSA) is 69.6 Å². The molecule has 0 bridgehead atoms. The zero-order valence-corrected chi connectivity index (χ0v) is 25.8. The molecule has 0 amide bonds. The van der Waals surface area contributed by atoms with Gasteiger partial charge in [-0.1, -0.05) is 159 Å². The highest BCUT2D eigenvalue weighted by molar-refractivity contribution is 7.87. The van der Waals surface area contributed by atoms with E-state index in [-0.39, 0.29) is 0 Å². The van der Waals surface area contributed by atoms with Crippen molar-refractivity contribution < 1.29 is 13.0 Å². The summed E-state index contributed by atoms with van der Waals surface area (Å²) in [7, 11) is -4.41. The lowest BCUT2D eigenvalue weighted by Gasteiger charge is -2.37. The number of hydrogen-bond donors (Lipinski definition) is 2. The molecular weight excluding hydrogens is 516 g/mol. The van der Waals surface area contributed by atoms with Crippen molar-refractivity contribution in [1.29, 1.82) is 0 Å². The SMILES string of the molecule is CCCCCCCCCCCCCCCCCCCCC1(S(=O)(=O)O)Nc2ccccc2N1Cc1ccccc1. The maximum atomic E-state index is 12.9. The van der Waals surface area contributed by atoms with E-state index in [1.54, 1.807) is 0 Å². The third-order valence-electron chi connectivity index (χ3n) is 8.44. The van der Waals surface area contributed by atoms with Crippen LogP contribution >= 0.6 is 0 Å². The average molecular weight is 571 g/mol. The van der Waals surface area contributed by atoms with Gasteiger partial charge in [-0.05, 0) is 24.1 Å². The normalized spacial score (nSPS) is 16.7. The van der Waals surface area contributed by atoms with Gasteiger partial charge in [0.25, 0.3) is 0 Å². The second-order valence-corrected chi connectivity index (χ2v) is 13.4. The van der Waals surface area contributed by atoms with Gasteiger partial charge < -0.3 is 10.2 Å². The number of nitrogens with one attached hydrogen (secondary N) is 1. The fraction of sp³-hybridized carbons (Fsp3) is 0.647. The van der Waals surface area contributed by atoms with E-state index in [1.807, 2.05) is 59.5 Å². The van der Waals surface area contributed by atoms with Crippen LogP contribution in [0.25, 0.3) is 0 Å². The minimum absolute atomic E-state index is 0.339. The minimum Gasteiger partial charge on any atom is -0.346 e. The fourth-order valence-electron chi connectivity index (χ4n) is 6.06. The van der Waals surface area contributed by atoms with Crippen molar-refractivity contribution in [2.75, 3.05) is 10.2 Å². The van der Waals surface area contributed by atoms with E-state index in [0.717, 1.165) is 36.2 Å². The number of nitrogens with zero attached hydrogens (tertiary/aromatic N) is 1. The van der Waals surface area contributed by atoms with Gasteiger partial charge in [0.2, 0.25) is 4.99 Å². The second-order valence-electron chi connectivity index (χ2n) is 11.7. The summed E-state index contributed by atoms with van der Waals surface area (Å²) in [5.41, 5.74) is 2.57. The molecule has 2 aromatic carbocycles.